The van der Waals surface area contributed by atoms with E-state index in [-0.39, 0.29) is 11.6 Å². The van der Waals surface area contributed by atoms with E-state index in [9.17, 15) is 4.79 Å². The Morgan fingerprint density at radius 3 is 2.00 bits per heavy atom. The lowest BCUT2D eigenvalue weighted by molar-refractivity contribution is -0.186. The second-order valence-corrected chi connectivity index (χ2v) is 8.37. The monoisotopic (exact) mass is 374 g/mol. The number of urea groups is 1. The number of hydrogen-bond donors (Lipinski definition) is 2. The molecule has 4 bridgehead atoms. The van der Waals surface area contributed by atoms with Crippen molar-refractivity contribution >= 4 is 11.7 Å². The smallest absolute Gasteiger partial charge is 0.319 e. The summed E-state index contributed by atoms with van der Waals surface area (Å²) >= 11 is 0. The lowest BCUT2D eigenvalue weighted by Gasteiger charge is -2.60. The maximum absolute atomic E-state index is 12.5. The van der Waals surface area contributed by atoms with Crippen LogP contribution in [0.1, 0.15) is 32.1 Å². The molecule has 1 aromatic carbocycles. The Bertz CT molecular complexity index is 655. The van der Waals surface area contributed by atoms with E-state index in [4.69, 9.17) is 14.2 Å². The first kappa shape index (κ1) is 18.4. The molecular weight excluding hydrogens is 344 g/mol. The van der Waals surface area contributed by atoms with Crippen LogP contribution < -0.4 is 20.1 Å². The fourth-order valence-electron chi connectivity index (χ4n) is 5.95. The van der Waals surface area contributed by atoms with Gasteiger partial charge in [0.25, 0.3) is 0 Å². The van der Waals surface area contributed by atoms with Crippen LogP contribution >= 0.6 is 0 Å². The highest BCUT2D eigenvalue weighted by Gasteiger charge is 2.57. The maximum atomic E-state index is 12.5. The van der Waals surface area contributed by atoms with E-state index in [0.29, 0.717) is 35.6 Å². The molecule has 5 rings (SSSR count). The molecule has 0 atom stereocenters. The molecule has 6 nitrogen and oxygen atoms in total. The molecule has 0 aromatic heterocycles. The van der Waals surface area contributed by atoms with E-state index in [0.717, 1.165) is 11.8 Å². The van der Waals surface area contributed by atoms with Gasteiger partial charge in [-0.3, -0.25) is 0 Å². The summed E-state index contributed by atoms with van der Waals surface area (Å²) in [7, 11) is 5.00. The van der Waals surface area contributed by atoms with Crippen molar-refractivity contribution in [3.63, 3.8) is 0 Å². The van der Waals surface area contributed by atoms with Crippen LogP contribution in [0.15, 0.2) is 18.2 Å². The molecule has 0 heterocycles. The molecule has 4 saturated carbocycles. The third-order valence-corrected chi connectivity index (χ3v) is 7.03. The minimum Gasteiger partial charge on any atom is -0.497 e. The highest BCUT2D eigenvalue weighted by molar-refractivity contribution is 5.89. The summed E-state index contributed by atoms with van der Waals surface area (Å²) in [6.07, 6.45) is 6.39. The van der Waals surface area contributed by atoms with Gasteiger partial charge >= 0.3 is 6.03 Å². The van der Waals surface area contributed by atoms with Gasteiger partial charge in [-0.1, -0.05) is 0 Å². The predicted octanol–water partition coefficient (Wildman–Crippen LogP) is 3.67. The number of ether oxygens (including phenoxy) is 3. The van der Waals surface area contributed by atoms with E-state index in [1.54, 1.807) is 32.4 Å². The number of rotatable bonds is 6. The van der Waals surface area contributed by atoms with Crippen molar-refractivity contribution < 1.29 is 19.0 Å². The van der Waals surface area contributed by atoms with E-state index in [2.05, 4.69) is 10.6 Å². The molecule has 148 valence electrons. The fraction of sp³-hybridized carbons (Fsp3) is 0.667. The van der Waals surface area contributed by atoms with Gasteiger partial charge < -0.3 is 24.8 Å². The van der Waals surface area contributed by atoms with Gasteiger partial charge in [0, 0.05) is 37.5 Å². The van der Waals surface area contributed by atoms with Gasteiger partial charge in [0.15, 0.2) is 0 Å². The van der Waals surface area contributed by atoms with Crippen molar-refractivity contribution in [1.29, 1.82) is 0 Å². The molecule has 0 unspecified atom stereocenters. The van der Waals surface area contributed by atoms with Crippen LogP contribution in [0.2, 0.25) is 0 Å². The van der Waals surface area contributed by atoms with Gasteiger partial charge in [0.05, 0.1) is 19.8 Å². The Morgan fingerprint density at radius 1 is 0.963 bits per heavy atom. The van der Waals surface area contributed by atoms with Crippen molar-refractivity contribution in [2.75, 3.05) is 33.2 Å². The van der Waals surface area contributed by atoms with Gasteiger partial charge in [-0.2, -0.15) is 0 Å². The van der Waals surface area contributed by atoms with Crippen LogP contribution in [0, 0.1) is 23.7 Å². The van der Waals surface area contributed by atoms with Crippen LogP contribution in [0.25, 0.3) is 0 Å². The van der Waals surface area contributed by atoms with Crippen LogP contribution in [-0.4, -0.2) is 39.5 Å². The SMILES string of the molecule is COc1cc(NC(=O)NCC2(OC)C3CC4CC(C3)CC2C4)cc(OC)c1. The van der Waals surface area contributed by atoms with Crippen molar-refractivity contribution in [3.05, 3.63) is 18.2 Å². The van der Waals surface area contributed by atoms with Crippen molar-refractivity contribution in [3.8, 4) is 11.5 Å². The number of nitrogens with one attached hydrogen (secondary N) is 2. The minimum absolute atomic E-state index is 0.211. The maximum Gasteiger partial charge on any atom is 0.319 e. The Balaban J connectivity index is 1.41. The Kier molecular flexibility index (Phi) is 4.93. The molecule has 0 saturated heterocycles. The first-order chi connectivity index (χ1) is 13.1. The molecule has 4 aliphatic carbocycles. The summed E-state index contributed by atoms with van der Waals surface area (Å²) < 4.78 is 16.6. The molecule has 0 spiro atoms. The van der Waals surface area contributed by atoms with Gasteiger partial charge in [0.2, 0.25) is 0 Å². The Morgan fingerprint density at radius 2 is 1.52 bits per heavy atom. The number of carbonyl (C=O) groups excluding carboxylic acids is 1. The standard InChI is InChI=1S/C21H30N2O4/c1-25-18-9-17(10-19(11-18)26-2)23-20(24)22-12-21(27-3)15-5-13-4-14(7-15)8-16(21)6-13/h9-11,13-16H,4-8,12H2,1-3H3,(H2,22,23,24). The predicted molar refractivity (Wildman–Crippen MR) is 103 cm³/mol. The van der Waals surface area contributed by atoms with Crippen LogP contribution in [-0.2, 0) is 4.74 Å². The molecule has 2 N–H and O–H groups in total. The number of carbonyl (C=O) groups is 1. The number of amides is 2. The number of anilines is 1. The molecular formula is C21H30N2O4. The highest BCUT2D eigenvalue weighted by atomic mass is 16.5. The van der Waals surface area contributed by atoms with Crippen molar-refractivity contribution in [2.24, 2.45) is 23.7 Å². The quantitative estimate of drug-likeness (QED) is 0.797. The van der Waals surface area contributed by atoms with Gasteiger partial charge in [-0.15, -0.1) is 0 Å². The average Bonchev–Trinajstić information content (AvgIpc) is 2.67. The third-order valence-electron chi connectivity index (χ3n) is 7.03. The number of methoxy groups -OCH3 is 3. The second kappa shape index (κ2) is 7.23. The minimum atomic E-state index is -0.226. The first-order valence-electron chi connectivity index (χ1n) is 9.89. The normalized spacial score (nSPS) is 33.6. The Labute approximate surface area is 160 Å². The highest BCUT2D eigenvalue weighted by Crippen LogP contribution is 2.59. The largest absolute Gasteiger partial charge is 0.497 e. The summed E-state index contributed by atoms with van der Waals surface area (Å²) in [5, 5.41) is 5.96. The van der Waals surface area contributed by atoms with Crippen molar-refractivity contribution in [2.45, 2.75) is 37.7 Å². The molecule has 6 heteroatoms. The number of hydrogen-bond acceptors (Lipinski definition) is 4. The zero-order valence-electron chi connectivity index (χ0n) is 16.4. The van der Waals surface area contributed by atoms with Gasteiger partial charge in [-0.05, 0) is 55.8 Å². The van der Waals surface area contributed by atoms with E-state index in [1.165, 1.54) is 32.1 Å². The zero-order chi connectivity index (χ0) is 19.0. The second-order valence-electron chi connectivity index (χ2n) is 8.37. The first-order valence-corrected chi connectivity index (χ1v) is 9.89. The van der Waals surface area contributed by atoms with Crippen molar-refractivity contribution in [1.82, 2.24) is 5.32 Å². The van der Waals surface area contributed by atoms with E-state index >= 15 is 0 Å². The molecule has 1 aromatic rings. The molecule has 0 radical (unpaired) electrons. The number of benzene rings is 1. The van der Waals surface area contributed by atoms with Crippen LogP contribution in [0.3, 0.4) is 0 Å². The topological polar surface area (TPSA) is 68.8 Å². The third kappa shape index (κ3) is 3.35. The molecule has 0 aliphatic heterocycles. The van der Waals surface area contributed by atoms with E-state index < -0.39 is 0 Å². The molecule has 4 aliphatic rings. The summed E-state index contributed by atoms with van der Waals surface area (Å²) in [6.45, 7) is 0.561. The zero-order valence-corrected chi connectivity index (χ0v) is 16.4. The lowest BCUT2D eigenvalue weighted by atomic mass is 9.49. The Hall–Kier alpha value is -1.95. The molecule has 27 heavy (non-hydrogen) atoms. The lowest BCUT2D eigenvalue weighted by Crippen LogP contribution is -2.63. The van der Waals surface area contributed by atoms with Crippen LogP contribution in [0.5, 0.6) is 11.5 Å². The summed E-state index contributed by atoms with van der Waals surface area (Å²) in [5.74, 6) is 4.15. The van der Waals surface area contributed by atoms with Crippen LogP contribution in [0.4, 0.5) is 10.5 Å². The summed E-state index contributed by atoms with van der Waals surface area (Å²) in [4.78, 5) is 12.5. The summed E-state index contributed by atoms with van der Waals surface area (Å²) in [6, 6.07) is 5.10. The van der Waals surface area contributed by atoms with E-state index in [1.807, 2.05) is 7.11 Å². The average molecular weight is 374 g/mol. The van der Waals surface area contributed by atoms with Gasteiger partial charge in [0.1, 0.15) is 11.5 Å². The summed E-state index contributed by atoms with van der Waals surface area (Å²) in [5.41, 5.74) is 0.428. The fourth-order valence-corrected chi connectivity index (χ4v) is 5.95. The molecule has 2 amide bonds. The molecule has 4 fully saturated rings. The van der Waals surface area contributed by atoms with Gasteiger partial charge in [-0.25, -0.2) is 4.79 Å².